The van der Waals surface area contributed by atoms with Crippen LogP contribution < -0.4 is 5.32 Å². The second kappa shape index (κ2) is 7.09. The highest BCUT2D eigenvalue weighted by Crippen LogP contribution is 2.16. The molecule has 0 radical (unpaired) electrons. The van der Waals surface area contributed by atoms with Crippen molar-refractivity contribution < 1.29 is 14.3 Å². The van der Waals surface area contributed by atoms with E-state index in [-0.39, 0.29) is 12.5 Å². The lowest BCUT2D eigenvalue weighted by Crippen LogP contribution is -2.21. The molecule has 114 valence electrons. The summed E-state index contributed by atoms with van der Waals surface area (Å²) in [5.74, 6) is -0.970. The molecule has 2 rings (SSSR count). The van der Waals surface area contributed by atoms with Crippen molar-refractivity contribution in [3.8, 4) is 0 Å². The summed E-state index contributed by atoms with van der Waals surface area (Å²) >= 11 is 5.80. The number of carbonyl (C=O) groups excluding carboxylic acids is 2. The van der Waals surface area contributed by atoms with Crippen LogP contribution in [0, 0.1) is 13.8 Å². The molecule has 0 saturated heterocycles. The molecule has 0 aliphatic heterocycles. The Morgan fingerprint density at radius 2 is 1.91 bits per heavy atom. The van der Waals surface area contributed by atoms with Crippen LogP contribution in [0.4, 0.5) is 5.69 Å². The molecule has 0 unspecified atom stereocenters. The van der Waals surface area contributed by atoms with Gasteiger partial charge in [-0.1, -0.05) is 29.8 Å². The number of benzene rings is 2. The molecule has 0 bridgehead atoms. The van der Waals surface area contributed by atoms with Crippen molar-refractivity contribution in [2.45, 2.75) is 13.8 Å². The van der Waals surface area contributed by atoms with E-state index in [1.807, 2.05) is 32.0 Å². The predicted octanol–water partition coefficient (Wildman–Crippen LogP) is 3.75. The number of anilines is 1. The van der Waals surface area contributed by atoms with E-state index in [4.69, 9.17) is 16.3 Å². The van der Waals surface area contributed by atoms with Gasteiger partial charge < -0.3 is 10.1 Å². The first-order valence-corrected chi connectivity index (χ1v) is 7.13. The number of amides is 1. The Kier molecular flexibility index (Phi) is 5.17. The van der Waals surface area contributed by atoms with Crippen LogP contribution in [0.1, 0.15) is 21.5 Å². The zero-order valence-electron chi connectivity index (χ0n) is 12.4. The zero-order valence-corrected chi connectivity index (χ0v) is 13.1. The van der Waals surface area contributed by atoms with E-state index >= 15 is 0 Å². The molecule has 2 aromatic rings. The Labute approximate surface area is 134 Å². The third-order valence-electron chi connectivity index (χ3n) is 3.06. The maximum atomic E-state index is 11.9. The fraction of sp³-hybridized carbons (Fsp3) is 0.176. The average Bonchev–Trinajstić information content (AvgIpc) is 2.48. The lowest BCUT2D eigenvalue weighted by molar-refractivity contribution is -0.119. The van der Waals surface area contributed by atoms with Crippen LogP contribution in [0.5, 0.6) is 0 Å². The number of carbonyl (C=O) groups is 2. The van der Waals surface area contributed by atoms with Gasteiger partial charge in [0.25, 0.3) is 5.91 Å². The Morgan fingerprint density at radius 1 is 1.14 bits per heavy atom. The summed E-state index contributed by atoms with van der Waals surface area (Å²) in [7, 11) is 0. The van der Waals surface area contributed by atoms with E-state index < -0.39 is 5.97 Å². The van der Waals surface area contributed by atoms with Crippen molar-refractivity contribution in [3.63, 3.8) is 0 Å². The molecular weight excluding hydrogens is 302 g/mol. The molecule has 0 aliphatic rings. The second-order valence-corrected chi connectivity index (χ2v) is 5.39. The molecule has 0 aliphatic carbocycles. The van der Waals surface area contributed by atoms with Gasteiger partial charge in [0.15, 0.2) is 6.61 Å². The molecule has 0 aromatic heterocycles. The quantitative estimate of drug-likeness (QED) is 0.874. The van der Waals surface area contributed by atoms with E-state index in [1.165, 1.54) is 6.07 Å². The summed E-state index contributed by atoms with van der Waals surface area (Å²) in [5, 5.41) is 3.17. The third-order valence-corrected chi connectivity index (χ3v) is 3.30. The highest BCUT2D eigenvalue weighted by Gasteiger charge is 2.11. The minimum absolute atomic E-state index is 0.312. The standard InChI is InChI=1S/C17H16ClNO3/c1-11-6-7-12(2)15(8-11)19-16(20)10-22-17(21)13-4-3-5-14(18)9-13/h3-9H,10H2,1-2H3,(H,19,20). The SMILES string of the molecule is Cc1ccc(C)c(NC(=O)COC(=O)c2cccc(Cl)c2)c1. The van der Waals surface area contributed by atoms with Crippen LogP contribution in [0.25, 0.3) is 0 Å². The topological polar surface area (TPSA) is 55.4 Å². The summed E-state index contributed by atoms with van der Waals surface area (Å²) in [6.07, 6.45) is 0. The largest absolute Gasteiger partial charge is 0.452 e. The number of aryl methyl sites for hydroxylation is 2. The second-order valence-electron chi connectivity index (χ2n) is 4.95. The van der Waals surface area contributed by atoms with Gasteiger partial charge in [0.1, 0.15) is 0 Å². The Morgan fingerprint density at radius 3 is 2.64 bits per heavy atom. The monoisotopic (exact) mass is 317 g/mol. The van der Waals surface area contributed by atoms with Gasteiger partial charge in [-0.15, -0.1) is 0 Å². The molecule has 0 fully saturated rings. The van der Waals surface area contributed by atoms with Crippen LogP contribution in [0.3, 0.4) is 0 Å². The van der Waals surface area contributed by atoms with Gasteiger partial charge in [0.05, 0.1) is 5.56 Å². The van der Waals surface area contributed by atoms with Crippen LogP contribution in [0.15, 0.2) is 42.5 Å². The number of hydrogen-bond acceptors (Lipinski definition) is 3. The van der Waals surface area contributed by atoms with Gasteiger partial charge in [-0.3, -0.25) is 4.79 Å². The number of nitrogens with one attached hydrogen (secondary N) is 1. The lowest BCUT2D eigenvalue weighted by atomic mass is 10.1. The van der Waals surface area contributed by atoms with Crippen LogP contribution in [-0.4, -0.2) is 18.5 Å². The highest BCUT2D eigenvalue weighted by molar-refractivity contribution is 6.30. The van der Waals surface area contributed by atoms with Gasteiger partial charge in [-0.2, -0.15) is 0 Å². The fourth-order valence-electron chi connectivity index (χ4n) is 1.89. The Balaban J connectivity index is 1.93. The van der Waals surface area contributed by atoms with Crippen molar-refractivity contribution in [2.75, 3.05) is 11.9 Å². The minimum atomic E-state index is -0.585. The van der Waals surface area contributed by atoms with Gasteiger partial charge in [-0.25, -0.2) is 4.79 Å². The van der Waals surface area contributed by atoms with Crippen molar-refractivity contribution in [1.82, 2.24) is 0 Å². The Hall–Kier alpha value is -2.33. The molecule has 4 nitrogen and oxygen atoms in total. The van der Waals surface area contributed by atoms with Crippen molar-refractivity contribution >= 4 is 29.2 Å². The van der Waals surface area contributed by atoms with Crippen molar-refractivity contribution in [3.05, 3.63) is 64.2 Å². The molecule has 22 heavy (non-hydrogen) atoms. The molecule has 0 atom stereocenters. The third kappa shape index (κ3) is 4.33. The van der Waals surface area contributed by atoms with Crippen molar-refractivity contribution in [1.29, 1.82) is 0 Å². The van der Waals surface area contributed by atoms with Crippen LogP contribution in [-0.2, 0) is 9.53 Å². The molecule has 1 N–H and O–H groups in total. The Bertz CT molecular complexity index is 713. The summed E-state index contributed by atoms with van der Waals surface area (Å²) in [4.78, 5) is 23.7. The smallest absolute Gasteiger partial charge is 0.338 e. The summed E-state index contributed by atoms with van der Waals surface area (Å²) in [5.41, 5.74) is 3.01. The van der Waals surface area contributed by atoms with Crippen molar-refractivity contribution in [2.24, 2.45) is 0 Å². The molecule has 5 heteroatoms. The van der Waals surface area contributed by atoms with Crippen LogP contribution >= 0.6 is 11.6 Å². The van der Waals surface area contributed by atoms with Gasteiger partial charge in [-0.05, 0) is 49.2 Å². The van der Waals surface area contributed by atoms with Gasteiger partial charge >= 0.3 is 5.97 Å². The van der Waals surface area contributed by atoms with E-state index in [9.17, 15) is 9.59 Å². The number of hydrogen-bond donors (Lipinski definition) is 1. The summed E-state index contributed by atoms with van der Waals surface area (Å²) < 4.78 is 4.98. The predicted molar refractivity (Wildman–Crippen MR) is 86.3 cm³/mol. The fourth-order valence-corrected chi connectivity index (χ4v) is 2.08. The molecule has 0 spiro atoms. The van der Waals surface area contributed by atoms with Gasteiger partial charge in [0, 0.05) is 10.7 Å². The van der Waals surface area contributed by atoms with E-state index in [1.54, 1.807) is 18.2 Å². The zero-order chi connectivity index (χ0) is 16.1. The molecular formula is C17H16ClNO3. The first-order chi connectivity index (χ1) is 10.5. The first-order valence-electron chi connectivity index (χ1n) is 6.75. The maximum absolute atomic E-state index is 11.9. The van der Waals surface area contributed by atoms with E-state index in [2.05, 4.69) is 5.32 Å². The number of halogens is 1. The van der Waals surface area contributed by atoms with Gasteiger partial charge in [0.2, 0.25) is 0 Å². The average molecular weight is 318 g/mol. The van der Waals surface area contributed by atoms with E-state index in [0.29, 0.717) is 16.3 Å². The van der Waals surface area contributed by atoms with E-state index in [0.717, 1.165) is 11.1 Å². The minimum Gasteiger partial charge on any atom is -0.452 e. The normalized spacial score (nSPS) is 10.1. The number of rotatable bonds is 4. The van der Waals surface area contributed by atoms with Crippen LogP contribution in [0.2, 0.25) is 5.02 Å². The summed E-state index contributed by atoms with van der Waals surface area (Å²) in [6.45, 7) is 3.49. The number of ether oxygens (including phenoxy) is 1. The maximum Gasteiger partial charge on any atom is 0.338 e. The first kappa shape index (κ1) is 16.0. The number of esters is 1. The molecule has 0 heterocycles. The molecule has 1 amide bonds. The molecule has 0 saturated carbocycles. The molecule has 2 aromatic carbocycles. The lowest BCUT2D eigenvalue weighted by Gasteiger charge is -2.10. The summed E-state index contributed by atoms with van der Waals surface area (Å²) in [6, 6.07) is 12.1. The highest BCUT2D eigenvalue weighted by atomic mass is 35.5.